The maximum Gasteiger partial charge on any atom is 0.280 e. The van der Waals surface area contributed by atoms with E-state index >= 15 is 0 Å². The maximum atomic E-state index is 13.5. The van der Waals surface area contributed by atoms with Crippen LogP contribution in [0.2, 0.25) is 10.0 Å². The minimum Gasteiger partial charge on any atom is -0.497 e. The van der Waals surface area contributed by atoms with Gasteiger partial charge in [0, 0.05) is 15.6 Å². The first-order valence-electron chi connectivity index (χ1n) is 9.53. The molecule has 1 N–H and O–H groups in total. The van der Waals surface area contributed by atoms with Crippen molar-refractivity contribution in [2.75, 3.05) is 7.11 Å². The monoisotopic (exact) mass is 451 g/mol. The number of methoxy groups -OCH3 is 1. The lowest BCUT2D eigenvalue weighted by Gasteiger charge is -2.04. The number of hydrogen-bond acceptors (Lipinski definition) is 3. The van der Waals surface area contributed by atoms with Crippen LogP contribution in [0.3, 0.4) is 0 Å². The number of benzene rings is 3. The van der Waals surface area contributed by atoms with Crippen molar-refractivity contribution >= 4 is 34.6 Å². The van der Waals surface area contributed by atoms with E-state index in [1.54, 1.807) is 44.4 Å². The number of nitrogens with zero attached hydrogens (tertiary/aromatic N) is 2. The van der Waals surface area contributed by atoms with Crippen LogP contribution in [-0.2, 0) is 0 Å². The second-order valence-corrected chi connectivity index (χ2v) is 7.76. The molecule has 0 atom stereocenters. The van der Waals surface area contributed by atoms with Gasteiger partial charge in [-0.1, -0.05) is 53.5 Å². The van der Waals surface area contributed by atoms with Gasteiger partial charge in [0.05, 0.1) is 35.5 Å². The molecule has 0 aliphatic carbocycles. The predicted molar refractivity (Wildman–Crippen MR) is 127 cm³/mol. The van der Waals surface area contributed by atoms with Crippen LogP contribution in [0.1, 0.15) is 12.5 Å². The van der Waals surface area contributed by atoms with Gasteiger partial charge in [0.2, 0.25) is 0 Å². The van der Waals surface area contributed by atoms with Crippen LogP contribution in [0.5, 0.6) is 5.75 Å². The fourth-order valence-corrected chi connectivity index (χ4v) is 3.87. The largest absolute Gasteiger partial charge is 0.497 e. The Labute approximate surface area is 189 Å². The summed E-state index contributed by atoms with van der Waals surface area (Å²) >= 11 is 12.2. The van der Waals surface area contributed by atoms with Crippen molar-refractivity contribution in [1.82, 2.24) is 9.78 Å². The van der Waals surface area contributed by atoms with E-state index in [2.05, 4.69) is 10.1 Å². The molecule has 0 saturated heterocycles. The van der Waals surface area contributed by atoms with Crippen molar-refractivity contribution in [2.45, 2.75) is 6.92 Å². The standard InChI is InChI=1S/C24H19Cl2N3O2/c1-15(27-19-13-17(25)12-18(26)14-19)22-23(16-6-4-3-5-7-16)28-29(24(22)30)20-8-10-21(31-2)11-9-20/h3-14,28H,1-2H3. The highest BCUT2D eigenvalue weighted by molar-refractivity contribution is 6.35. The summed E-state index contributed by atoms with van der Waals surface area (Å²) in [6.45, 7) is 1.80. The molecule has 0 radical (unpaired) electrons. The van der Waals surface area contributed by atoms with Crippen LogP contribution in [0.25, 0.3) is 16.9 Å². The molecule has 4 aromatic rings. The molecule has 0 bridgehead atoms. The van der Waals surface area contributed by atoms with Crippen LogP contribution < -0.4 is 10.3 Å². The Balaban J connectivity index is 1.90. The molecule has 0 spiro atoms. The zero-order chi connectivity index (χ0) is 22.0. The molecule has 31 heavy (non-hydrogen) atoms. The second kappa shape index (κ2) is 8.84. The number of aliphatic imine (C=N–C) groups is 1. The first-order valence-corrected chi connectivity index (χ1v) is 10.3. The molecule has 156 valence electrons. The Morgan fingerprint density at radius 1 is 0.968 bits per heavy atom. The van der Waals surface area contributed by atoms with Gasteiger partial charge in [-0.2, -0.15) is 0 Å². The van der Waals surface area contributed by atoms with E-state index in [1.165, 1.54) is 4.68 Å². The molecule has 0 fully saturated rings. The number of halogens is 2. The predicted octanol–water partition coefficient (Wildman–Crippen LogP) is 6.29. The molecule has 0 aliphatic heterocycles. The molecule has 7 heteroatoms. The van der Waals surface area contributed by atoms with Crippen molar-refractivity contribution in [1.29, 1.82) is 0 Å². The summed E-state index contributed by atoms with van der Waals surface area (Å²) < 4.78 is 6.72. The van der Waals surface area contributed by atoms with E-state index < -0.39 is 0 Å². The lowest BCUT2D eigenvalue weighted by molar-refractivity contribution is 0.414. The Hall–Kier alpha value is -3.28. The fourth-order valence-electron chi connectivity index (χ4n) is 3.35. The number of ether oxygens (including phenoxy) is 1. The highest BCUT2D eigenvalue weighted by Crippen LogP contribution is 2.27. The minimum absolute atomic E-state index is 0.210. The maximum absolute atomic E-state index is 13.5. The van der Waals surface area contributed by atoms with Crippen molar-refractivity contribution < 1.29 is 4.74 Å². The number of nitrogens with one attached hydrogen (secondary N) is 1. The van der Waals surface area contributed by atoms with Crippen molar-refractivity contribution in [3.8, 4) is 22.7 Å². The highest BCUT2D eigenvalue weighted by Gasteiger charge is 2.19. The van der Waals surface area contributed by atoms with Gasteiger partial charge in [0.15, 0.2) is 0 Å². The number of rotatable bonds is 5. The summed E-state index contributed by atoms with van der Waals surface area (Å²) in [4.78, 5) is 18.1. The first kappa shape index (κ1) is 21.0. The van der Waals surface area contributed by atoms with E-state index in [-0.39, 0.29) is 5.56 Å². The fraction of sp³-hybridized carbons (Fsp3) is 0.0833. The van der Waals surface area contributed by atoms with Gasteiger partial charge in [-0.05, 0) is 49.4 Å². The van der Waals surface area contributed by atoms with Gasteiger partial charge in [0.1, 0.15) is 5.75 Å². The molecule has 0 unspecified atom stereocenters. The Morgan fingerprint density at radius 3 is 2.23 bits per heavy atom. The molecule has 0 saturated carbocycles. The third kappa shape index (κ3) is 4.43. The summed E-state index contributed by atoms with van der Waals surface area (Å²) in [6.07, 6.45) is 0. The van der Waals surface area contributed by atoms with Crippen LogP contribution >= 0.6 is 23.2 Å². The Kier molecular flexibility index (Phi) is 5.98. The van der Waals surface area contributed by atoms with Crippen LogP contribution in [0.15, 0.2) is 82.6 Å². The van der Waals surface area contributed by atoms with E-state index in [9.17, 15) is 4.79 Å². The second-order valence-electron chi connectivity index (χ2n) is 6.89. The highest BCUT2D eigenvalue weighted by atomic mass is 35.5. The van der Waals surface area contributed by atoms with E-state index in [1.807, 2.05) is 42.5 Å². The lowest BCUT2D eigenvalue weighted by atomic mass is 10.1. The number of aromatic nitrogens is 2. The first-order chi connectivity index (χ1) is 15.0. The Morgan fingerprint density at radius 2 is 1.61 bits per heavy atom. The molecule has 1 aromatic heterocycles. The van der Waals surface area contributed by atoms with E-state index in [0.717, 1.165) is 5.56 Å². The normalized spacial score (nSPS) is 11.5. The average molecular weight is 452 g/mol. The van der Waals surface area contributed by atoms with Crippen LogP contribution in [-0.4, -0.2) is 22.6 Å². The van der Waals surface area contributed by atoms with Crippen LogP contribution in [0.4, 0.5) is 5.69 Å². The summed E-state index contributed by atoms with van der Waals surface area (Å²) in [6, 6.07) is 21.9. The number of aromatic amines is 1. The van der Waals surface area contributed by atoms with Gasteiger partial charge >= 0.3 is 0 Å². The molecule has 0 amide bonds. The molecule has 5 nitrogen and oxygen atoms in total. The third-order valence-electron chi connectivity index (χ3n) is 4.79. The van der Waals surface area contributed by atoms with Gasteiger partial charge in [-0.15, -0.1) is 0 Å². The van der Waals surface area contributed by atoms with E-state index in [4.69, 9.17) is 27.9 Å². The summed E-state index contributed by atoms with van der Waals surface area (Å²) in [5.41, 5.74) is 3.62. The molecule has 3 aromatic carbocycles. The number of hydrogen-bond donors (Lipinski definition) is 1. The smallest absolute Gasteiger partial charge is 0.280 e. The van der Waals surface area contributed by atoms with Crippen molar-refractivity contribution in [2.24, 2.45) is 4.99 Å². The van der Waals surface area contributed by atoms with E-state index in [0.29, 0.717) is 44.1 Å². The van der Waals surface area contributed by atoms with Gasteiger partial charge < -0.3 is 4.74 Å². The van der Waals surface area contributed by atoms with Crippen molar-refractivity contribution in [3.63, 3.8) is 0 Å². The molecule has 4 rings (SSSR count). The summed E-state index contributed by atoms with van der Waals surface area (Å²) in [5.74, 6) is 0.711. The lowest BCUT2D eigenvalue weighted by Crippen LogP contribution is -2.19. The average Bonchev–Trinajstić information content (AvgIpc) is 3.11. The third-order valence-corrected chi connectivity index (χ3v) is 5.23. The minimum atomic E-state index is -0.210. The van der Waals surface area contributed by atoms with Gasteiger partial charge in [-0.3, -0.25) is 14.9 Å². The quantitative estimate of drug-likeness (QED) is 0.362. The SMILES string of the molecule is COc1ccc(-n2[nH]c(-c3ccccc3)c(C(C)=Nc3cc(Cl)cc(Cl)c3)c2=O)cc1. The molecular weight excluding hydrogens is 433 g/mol. The zero-order valence-electron chi connectivity index (χ0n) is 16.9. The van der Waals surface area contributed by atoms with Crippen molar-refractivity contribution in [3.05, 3.63) is 98.8 Å². The van der Waals surface area contributed by atoms with Crippen LogP contribution in [0, 0.1) is 0 Å². The Bertz CT molecular complexity index is 1290. The summed E-state index contributed by atoms with van der Waals surface area (Å²) in [5, 5.41) is 4.20. The number of H-pyrrole nitrogens is 1. The molecule has 1 heterocycles. The molecular formula is C24H19Cl2N3O2. The molecule has 0 aliphatic rings. The zero-order valence-corrected chi connectivity index (χ0v) is 18.4. The topological polar surface area (TPSA) is 59.4 Å². The van der Waals surface area contributed by atoms with Gasteiger partial charge in [-0.25, -0.2) is 4.68 Å². The summed E-state index contributed by atoms with van der Waals surface area (Å²) in [7, 11) is 1.60. The van der Waals surface area contributed by atoms with Gasteiger partial charge in [0.25, 0.3) is 5.56 Å².